The fraction of sp³-hybridized carbons (Fsp3) is 0.148. The van der Waals surface area contributed by atoms with Crippen LogP contribution >= 0.6 is 11.6 Å². The van der Waals surface area contributed by atoms with E-state index in [9.17, 15) is 0 Å². The molecule has 1 atom stereocenters. The average Bonchev–Trinajstić information content (AvgIpc) is 2.87. The number of aromatic nitrogens is 2. The van der Waals surface area contributed by atoms with Crippen LogP contribution in [0, 0.1) is 5.41 Å². The van der Waals surface area contributed by atoms with Crippen LogP contribution in [0.2, 0.25) is 0 Å². The number of halogens is 1. The molecule has 1 aromatic heterocycles. The van der Waals surface area contributed by atoms with Crippen molar-refractivity contribution in [2.24, 2.45) is 0 Å². The molecule has 33 heavy (non-hydrogen) atoms. The van der Waals surface area contributed by atoms with E-state index < -0.39 is 0 Å². The maximum atomic E-state index is 8.03. The van der Waals surface area contributed by atoms with E-state index in [1.807, 2.05) is 66.7 Å². The van der Waals surface area contributed by atoms with Crippen molar-refractivity contribution in [1.29, 1.82) is 5.41 Å². The van der Waals surface area contributed by atoms with Gasteiger partial charge in [-0.25, -0.2) is 9.97 Å². The third-order valence-electron chi connectivity index (χ3n) is 5.25. The van der Waals surface area contributed by atoms with Gasteiger partial charge in [0.05, 0.1) is 10.9 Å². The van der Waals surface area contributed by atoms with E-state index >= 15 is 0 Å². The van der Waals surface area contributed by atoms with Crippen molar-refractivity contribution >= 4 is 29.5 Å². The molecule has 0 amide bonds. The number of anilines is 2. The van der Waals surface area contributed by atoms with Crippen LogP contribution in [0.5, 0.6) is 0 Å². The van der Waals surface area contributed by atoms with E-state index in [-0.39, 0.29) is 5.38 Å². The number of benzene rings is 3. The molecule has 3 N–H and O–H groups in total. The summed E-state index contributed by atoms with van der Waals surface area (Å²) in [6.07, 6.45) is 1.88. The molecule has 0 spiro atoms. The topological polar surface area (TPSA) is 73.7 Å². The fourth-order valence-electron chi connectivity index (χ4n) is 3.53. The summed E-state index contributed by atoms with van der Waals surface area (Å²) in [5.41, 5.74) is 3.90. The third kappa shape index (κ3) is 6.18. The molecule has 0 aliphatic heterocycles. The molecule has 3 aromatic carbocycles. The van der Waals surface area contributed by atoms with E-state index in [1.165, 1.54) is 6.21 Å². The van der Waals surface area contributed by atoms with Crippen LogP contribution < -0.4 is 10.6 Å². The summed E-state index contributed by atoms with van der Waals surface area (Å²) < 4.78 is 0. The monoisotopic (exact) mass is 455 g/mol. The summed E-state index contributed by atoms with van der Waals surface area (Å²) in [6.45, 7) is 1.08. The van der Waals surface area contributed by atoms with Crippen molar-refractivity contribution in [3.63, 3.8) is 0 Å². The van der Waals surface area contributed by atoms with Gasteiger partial charge >= 0.3 is 0 Å². The van der Waals surface area contributed by atoms with Crippen molar-refractivity contribution in [3.05, 3.63) is 119 Å². The van der Waals surface area contributed by atoms with Crippen molar-refractivity contribution in [2.45, 2.75) is 18.3 Å². The lowest BCUT2D eigenvalue weighted by Gasteiger charge is -2.17. The molecule has 0 fully saturated rings. The number of alkyl halides is 1. The predicted molar refractivity (Wildman–Crippen MR) is 136 cm³/mol. The first-order valence-corrected chi connectivity index (χ1v) is 11.3. The summed E-state index contributed by atoms with van der Waals surface area (Å²) in [7, 11) is 0. The van der Waals surface area contributed by atoms with Gasteiger partial charge in [-0.05, 0) is 16.7 Å². The van der Waals surface area contributed by atoms with Crippen LogP contribution in [0.15, 0.2) is 91.0 Å². The van der Waals surface area contributed by atoms with Crippen LogP contribution in [-0.2, 0) is 13.0 Å². The van der Waals surface area contributed by atoms with Gasteiger partial charge in [0, 0.05) is 25.7 Å². The minimum absolute atomic E-state index is 0.224. The number of rotatable bonds is 10. The van der Waals surface area contributed by atoms with Gasteiger partial charge in [-0.2, -0.15) is 0 Å². The van der Waals surface area contributed by atoms with Crippen molar-refractivity contribution in [2.75, 3.05) is 17.2 Å². The maximum Gasteiger partial charge on any atom is 0.141 e. The number of nitrogens with zero attached hydrogens (tertiary/aromatic N) is 2. The minimum atomic E-state index is -0.224. The zero-order valence-electron chi connectivity index (χ0n) is 18.2. The lowest BCUT2D eigenvalue weighted by molar-refractivity contribution is 0.925. The first-order valence-electron chi connectivity index (χ1n) is 10.9. The molecular formula is C27H26ClN5. The van der Waals surface area contributed by atoms with E-state index in [0.717, 1.165) is 16.7 Å². The summed E-state index contributed by atoms with van der Waals surface area (Å²) in [4.78, 5) is 9.50. The Morgan fingerprint density at radius 2 is 1.30 bits per heavy atom. The highest BCUT2D eigenvalue weighted by Crippen LogP contribution is 2.25. The molecule has 0 saturated heterocycles. The quantitative estimate of drug-likeness (QED) is 0.200. The van der Waals surface area contributed by atoms with Crippen LogP contribution in [0.25, 0.3) is 0 Å². The molecule has 4 aromatic rings. The SMILES string of the molecule is N=Cc1c(NCc2ccccc2)nc(Cc2ccccc2)nc1NCC(Cl)c1ccccc1. The molecule has 5 nitrogen and oxygen atoms in total. The van der Waals surface area contributed by atoms with Gasteiger partial charge in [0.25, 0.3) is 0 Å². The molecule has 4 rings (SSSR count). The highest BCUT2D eigenvalue weighted by Gasteiger charge is 2.15. The van der Waals surface area contributed by atoms with Gasteiger partial charge in [0.2, 0.25) is 0 Å². The lowest BCUT2D eigenvalue weighted by atomic mass is 10.1. The first-order chi connectivity index (χ1) is 16.2. The number of nitrogens with one attached hydrogen (secondary N) is 3. The average molecular weight is 456 g/mol. The minimum Gasteiger partial charge on any atom is -0.368 e. The van der Waals surface area contributed by atoms with Gasteiger partial charge in [0.15, 0.2) is 0 Å². The Hall–Kier alpha value is -3.70. The van der Waals surface area contributed by atoms with Gasteiger partial charge in [-0.3, -0.25) is 0 Å². The standard InChI is InChI=1S/C27H26ClN5/c28-24(22-14-8-3-9-15-22)19-31-27-23(17-29)26(30-18-21-12-6-2-7-13-21)32-25(33-27)16-20-10-4-1-5-11-20/h1-15,17,24,29H,16,18-19H2,(H2,30,31,32,33). The van der Waals surface area contributed by atoms with E-state index in [0.29, 0.717) is 42.5 Å². The van der Waals surface area contributed by atoms with Gasteiger partial charge < -0.3 is 16.0 Å². The third-order valence-corrected chi connectivity index (χ3v) is 5.66. The second kappa shape index (κ2) is 11.2. The van der Waals surface area contributed by atoms with Gasteiger partial charge in [-0.1, -0.05) is 91.0 Å². The Labute approximate surface area is 199 Å². The Kier molecular flexibility index (Phi) is 7.67. The zero-order valence-corrected chi connectivity index (χ0v) is 19.0. The molecule has 0 bridgehead atoms. The molecule has 1 unspecified atom stereocenters. The van der Waals surface area contributed by atoms with E-state index in [2.05, 4.69) is 34.9 Å². The van der Waals surface area contributed by atoms with Gasteiger partial charge in [0.1, 0.15) is 17.5 Å². The molecule has 6 heteroatoms. The molecule has 0 aliphatic carbocycles. The molecule has 0 saturated carbocycles. The highest BCUT2D eigenvalue weighted by molar-refractivity contribution is 6.21. The lowest BCUT2D eigenvalue weighted by Crippen LogP contribution is -2.15. The molecule has 166 valence electrons. The largest absolute Gasteiger partial charge is 0.368 e. The maximum absolute atomic E-state index is 8.03. The smallest absolute Gasteiger partial charge is 0.141 e. The summed E-state index contributed by atoms with van der Waals surface area (Å²) in [6, 6.07) is 30.2. The van der Waals surface area contributed by atoms with Crippen molar-refractivity contribution in [3.8, 4) is 0 Å². The molecule has 0 radical (unpaired) electrons. The van der Waals surface area contributed by atoms with E-state index in [1.54, 1.807) is 0 Å². The Bertz CT molecular complexity index is 1170. The zero-order chi connectivity index (χ0) is 22.9. The van der Waals surface area contributed by atoms with Gasteiger partial charge in [-0.15, -0.1) is 11.6 Å². The summed E-state index contributed by atoms with van der Waals surface area (Å²) >= 11 is 6.62. The Balaban J connectivity index is 1.60. The van der Waals surface area contributed by atoms with Crippen molar-refractivity contribution < 1.29 is 0 Å². The fourth-order valence-corrected chi connectivity index (χ4v) is 3.75. The Morgan fingerprint density at radius 3 is 1.91 bits per heavy atom. The normalized spacial score (nSPS) is 11.5. The summed E-state index contributed by atoms with van der Waals surface area (Å²) in [5, 5.41) is 14.6. The van der Waals surface area contributed by atoms with E-state index in [4.69, 9.17) is 27.0 Å². The second-order valence-corrected chi connectivity index (χ2v) is 8.18. The summed E-state index contributed by atoms with van der Waals surface area (Å²) in [5.74, 6) is 1.90. The predicted octanol–water partition coefficient (Wildman–Crippen LogP) is 6.07. The van der Waals surface area contributed by atoms with Crippen LogP contribution in [0.3, 0.4) is 0 Å². The highest BCUT2D eigenvalue weighted by atomic mass is 35.5. The molecule has 1 heterocycles. The van der Waals surface area contributed by atoms with Crippen molar-refractivity contribution in [1.82, 2.24) is 9.97 Å². The second-order valence-electron chi connectivity index (χ2n) is 7.66. The number of hydrogen-bond acceptors (Lipinski definition) is 5. The molecular weight excluding hydrogens is 430 g/mol. The van der Waals surface area contributed by atoms with Crippen LogP contribution in [0.4, 0.5) is 11.6 Å². The molecule has 0 aliphatic rings. The van der Waals surface area contributed by atoms with Crippen LogP contribution in [0.1, 0.15) is 33.5 Å². The first kappa shape index (κ1) is 22.5. The van der Waals surface area contributed by atoms with Crippen LogP contribution in [-0.4, -0.2) is 22.7 Å². The number of hydrogen-bond donors (Lipinski definition) is 3. The Morgan fingerprint density at radius 1 is 0.758 bits per heavy atom.